The number of hydrogen-bond donors (Lipinski definition) is 2. The molecule has 0 saturated carbocycles. The van der Waals surface area contributed by atoms with E-state index in [0.29, 0.717) is 11.6 Å². The Bertz CT molecular complexity index is 689. The third-order valence-corrected chi connectivity index (χ3v) is 4.01. The summed E-state index contributed by atoms with van der Waals surface area (Å²) in [6, 6.07) is 6.76. The Balaban J connectivity index is 1.87. The number of benzene rings is 1. The standard InChI is InChI=1S/C16H17BrN2O4/c1-10-12(17)4-5-13(20)16(10)19-14(21)9-23-8-11-3-6-15(22-2)18-7-11/h3-7,20H,8-9H2,1-2H3,(H,19,21). The van der Waals surface area contributed by atoms with Gasteiger partial charge in [-0.1, -0.05) is 15.9 Å². The van der Waals surface area contributed by atoms with E-state index in [2.05, 4.69) is 26.2 Å². The lowest BCUT2D eigenvalue weighted by Gasteiger charge is -2.12. The maximum Gasteiger partial charge on any atom is 0.250 e. The van der Waals surface area contributed by atoms with Crippen LogP contribution in [0.2, 0.25) is 0 Å². The summed E-state index contributed by atoms with van der Waals surface area (Å²) in [5, 5.41) is 12.5. The van der Waals surface area contributed by atoms with Crippen molar-refractivity contribution in [3.05, 3.63) is 46.1 Å². The first-order valence-corrected chi connectivity index (χ1v) is 7.65. The van der Waals surface area contributed by atoms with Crippen molar-refractivity contribution < 1.29 is 19.4 Å². The molecule has 0 saturated heterocycles. The SMILES string of the molecule is COc1ccc(COCC(=O)Nc2c(O)ccc(Br)c2C)cn1. The Labute approximate surface area is 142 Å². The fourth-order valence-corrected chi connectivity index (χ4v) is 2.21. The number of phenolic OH excluding ortho intramolecular Hbond substituents is 1. The number of halogens is 1. The Morgan fingerprint density at radius 1 is 1.35 bits per heavy atom. The number of nitrogens with one attached hydrogen (secondary N) is 1. The Kier molecular flexibility index (Phi) is 5.95. The molecule has 0 atom stereocenters. The number of phenols is 1. The fourth-order valence-electron chi connectivity index (χ4n) is 1.88. The van der Waals surface area contributed by atoms with Gasteiger partial charge in [-0.25, -0.2) is 4.98 Å². The number of carbonyl (C=O) groups is 1. The molecule has 2 N–H and O–H groups in total. The molecule has 1 amide bonds. The Hall–Kier alpha value is -2.12. The van der Waals surface area contributed by atoms with Crippen molar-refractivity contribution in [1.29, 1.82) is 0 Å². The lowest BCUT2D eigenvalue weighted by atomic mass is 10.2. The fraction of sp³-hybridized carbons (Fsp3) is 0.250. The van der Waals surface area contributed by atoms with Gasteiger partial charge in [0.1, 0.15) is 12.4 Å². The van der Waals surface area contributed by atoms with Crippen molar-refractivity contribution in [1.82, 2.24) is 4.98 Å². The minimum atomic E-state index is -0.344. The van der Waals surface area contributed by atoms with Gasteiger partial charge in [0.25, 0.3) is 0 Å². The molecule has 6 nitrogen and oxygen atoms in total. The molecule has 1 aromatic heterocycles. The van der Waals surface area contributed by atoms with Gasteiger partial charge in [0.2, 0.25) is 11.8 Å². The van der Waals surface area contributed by atoms with Crippen LogP contribution >= 0.6 is 15.9 Å². The first kappa shape index (κ1) is 17.2. The van der Waals surface area contributed by atoms with Crippen LogP contribution in [0.3, 0.4) is 0 Å². The van der Waals surface area contributed by atoms with Crippen molar-refractivity contribution in [3.8, 4) is 11.6 Å². The van der Waals surface area contributed by atoms with Crippen LogP contribution in [0.4, 0.5) is 5.69 Å². The van der Waals surface area contributed by atoms with Crippen LogP contribution in [0.25, 0.3) is 0 Å². The average molecular weight is 381 g/mol. The molecular weight excluding hydrogens is 364 g/mol. The number of hydrogen-bond acceptors (Lipinski definition) is 5. The molecule has 0 radical (unpaired) electrons. The van der Waals surface area contributed by atoms with Crippen LogP contribution in [-0.2, 0) is 16.1 Å². The largest absolute Gasteiger partial charge is 0.506 e. The molecule has 23 heavy (non-hydrogen) atoms. The third kappa shape index (κ3) is 4.67. The third-order valence-electron chi connectivity index (χ3n) is 3.15. The van der Waals surface area contributed by atoms with E-state index < -0.39 is 0 Å². The van der Waals surface area contributed by atoms with Gasteiger partial charge in [-0.3, -0.25) is 4.79 Å². The maximum atomic E-state index is 11.9. The van der Waals surface area contributed by atoms with Crippen molar-refractivity contribution in [2.75, 3.05) is 19.0 Å². The summed E-state index contributed by atoms with van der Waals surface area (Å²) in [5.41, 5.74) is 1.96. The Morgan fingerprint density at radius 3 is 2.78 bits per heavy atom. The number of amides is 1. The van der Waals surface area contributed by atoms with E-state index in [4.69, 9.17) is 9.47 Å². The molecule has 2 aromatic rings. The molecule has 2 rings (SSSR count). The molecule has 0 bridgehead atoms. The lowest BCUT2D eigenvalue weighted by Crippen LogP contribution is -2.19. The predicted octanol–water partition coefficient (Wildman–Crippen LogP) is 3.02. The number of aromatic nitrogens is 1. The first-order valence-electron chi connectivity index (χ1n) is 6.86. The smallest absolute Gasteiger partial charge is 0.250 e. The van der Waals surface area contributed by atoms with Gasteiger partial charge in [-0.15, -0.1) is 0 Å². The van der Waals surface area contributed by atoms with E-state index in [0.717, 1.165) is 15.6 Å². The number of methoxy groups -OCH3 is 1. The van der Waals surface area contributed by atoms with Gasteiger partial charge >= 0.3 is 0 Å². The second kappa shape index (κ2) is 7.94. The van der Waals surface area contributed by atoms with Crippen molar-refractivity contribution >= 4 is 27.5 Å². The first-order chi connectivity index (χ1) is 11.0. The highest BCUT2D eigenvalue weighted by Crippen LogP contribution is 2.32. The van der Waals surface area contributed by atoms with Gasteiger partial charge in [-0.05, 0) is 36.2 Å². The predicted molar refractivity (Wildman–Crippen MR) is 89.6 cm³/mol. The highest BCUT2D eigenvalue weighted by atomic mass is 79.9. The minimum absolute atomic E-state index is 0.0124. The zero-order valence-corrected chi connectivity index (χ0v) is 14.4. The second-order valence-electron chi connectivity index (χ2n) is 4.82. The van der Waals surface area contributed by atoms with Crippen LogP contribution in [0.5, 0.6) is 11.6 Å². The molecule has 0 aliphatic heterocycles. The molecular formula is C16H17BrN2O4. The van der Waals surface area contributed by atoms with Crippen LogP contribution in [-0.4, -0.2) is 29.7 Å². The second-order valence-corrected chi connectivity index (χ2v) is 5.67. The summed E-state index contributed by atoms with van der Waals surface area (Å²) in [4.78, 5) is 16.0. The van der Waals surface area contributed by atoms with Crippen molar-refractivity contribution in [3.63, 3.8) is 0 Å². The topological polar surface area (TPSA) is 80.7 Å². The van der Waals surface area contributed by atoms with Crippen LogP contribution in [0, 0.1) is 6.92 Å². The molecule has 0 fully saturated rings. The van der Waals surface area contributed by atoms with E-state index in [-0.39, 0.29) is 24.9 Å². The van der Waals surface area contributed by atoms with E-state index in [1.807, 2.05) is 6.07 Å². The van der Waals surface area contributed by atoms with Crippen LogP contribution in [0.1, 0.15) is 11.1 Å². The zero-order chi connectivity index (χ0) is 16.8. The quantitative estimate of drug-likeness (QED) is 0.752. The monoisotopic (exact) mass is 380 g/mol. The zero-order valence-electron chi connectivity index (χ0n) is 12.8. The van der Waals surface area contributed by atoms with Crippen LogP contribution in [0.15, 0.2) is 34.9 Å². The Morgan fingerprint density at radius 2 is 2.13 bits per heavy atom. The molecule has 7 heteroatoms. The van der Waals surface area contributed by atoms with E-state index in [1.54, 1.807) is 32.4 Å². The number of ether oxygens (including phenoxy) is 2. The number of carbonyl (C=O) groups excluding carboxylic acids is 1. The lowest BCUT2D eigenvalue weighted by molar-refractivity contribution is -0.121. The van der Waals surface area contributed by atoms with Gasteiger partial charge in [0.05, 0.1) is 19.4 Å². The molecule has 1 heterocycles. The summed E-state index contributed by atoms with van der Waals surface area (Å²) in [6.07, 6.45) is 1.63. The normalized spacial score (nSPS) is 10.4. The van der Waals surface area contributed by atoms with Crippen LogP contribution < -0.4 is 10.1 Å². The van der Waals surface area contributed by atoms with Crippen molar-refractivity contribution in [2.24, 2.45) is 0 Å². The van der Waals surface area contributed by atoms with Gasteiger partial charge in [0.15, 0.2) is 0 Å². The number of aromatic hydroxyl groups is 1. The van der Waals surface area contributed by atoms with E-state index >= 15 is 0 Å². The van der Waals surface area contributed by atoms with Crippen molar-refractivity contribution in [2.45, 2.75) is 13.5 Å². The molecule has 1 aromatic carbocycles. The van der Waals surface area contributed by atoms with Gasteiger partial charge in [-0.2, -0.15) is 0 Å². The number of nitrogens with zero attached hydrogens (tertiary/aromatic N) is 1. The summed E-state index contributed by atoms with van der Waals surface area (Å²) in [6.45, 7) is 1.93. The van der Waals surface area contributed by atoms with Gasteiger partial charge < -0.3 is 19.9 Å². The molecule has 0 unspecified atom stereocenters. The van der Waals surface area contributed by atoms with E-state index in [9.17, 15) is 9.90 Å². The molecule has 122 valence electrons. The summed E-state index contributed by atoms with van der Waals surface area (Å²) >= 11 is 3.35. The molecule has 0 aliphatic rings. The average Bonchev–Trinajstić information content (AvgIpc) is 2.56. The maximum absolute atomic E-state index is 11.9. The molecule has 0 aliphatic carbocycles. The minimum Gasteiger partial charge on any atom is -0.506 e. The summed E-state index contributed by atoms with van der Waals surface area (Å²) in [7, 11) is 1.54. The number of rotatable bonds is 6. The molecule has 0 spiro atoms. The highest BCUT2D eigenvalue weighted by molar-refractivity contribution is 9.10. The number of pyridine rings is 1. The summed E-state index contributed by atoms with van der Waals surface area (Å²) in [5.74, 6) is 0.188. The highest BCUT2D eigenvalue weighted by Gasteiger charge is 2.11. The van der Waals surface area contributed by atoms with E-state index in [1.165, 1.54) is 6.07 Å². The van der Waals surface area contributed by atoms with Gasteiger partial charge in [0, 0.05) is 16.7 Å². The summed E-state index contributed by atoms with van der Waals surface area (Å²) < 4.78 is 11.1. The number of anilines is 1.